The number of unbranched alkanes of at least 4 members (excludes halogenated alkanes) is 1. The Morgan fingerprint density at radius 1 is 1.23 bits per heavy atom. The third-order valence-electron chi connectivity index (χ3n) is 3.01. The van der Waals surface area contributed by atoms with Gasteiger partial charge in [-0.3, -0.25) is 0 Å². The van der Waals surface area contributed by atoms with Gasteiger partial charge in [-0.25, -0.2) is 4.79 Å². The van der Waals surface area contributed by atoms with Crippen LogP contribution in [-0.2, 0) is 14.3 Å². The van der Waals surface area contributed by atoms with E-state index < -0.39 is 18.2 Å². The molecule has 1 rings (SSSR count). The van der Waals surface area contributed by atoms with Crippen LogP contribution >= 0.6 is 0 Å². The lowest BCUT2D eigenvalue weighted by Gasteiger charge is -2.22. The Morgan fingerprint density at radius 2 is 1.91 bits per heavy atom. The number of allylic oxidation sites excluding steroid dienone is 1. The van der Waals surface area contributed by atoms with Crippen molar-refractivity contribution in [3.05, 3.63) is 48.0 Å². The molecule has 4 nitrogen and oxygen atoms in total. The van der Waals surface area contributed by atoms with E-state index in [1.54, 1.807) is 26.0 Å². The third-order valence-corrected chi connectivity index (χ3v) is 3.01. The minimum Gasteiger partial charge on any atom is -0.461 e. The Kier molecular flexibility index (Phi) is 8.48. The molecule has 0 aliphatic heterocycles. The lowest BCUT2D eigenvalue weighted by molar-refractivity contribution is -0.168. The molecule has 0 aliphatic rings. The van der Waals surface area contributed by atoms with Crippen molar-refractivity contribution >= 4 is 5.97 Å². The lowest BCUT2D eigenvalue weighted by atomic mass is 10.0. The highest BCUT2D eigenvalue weighted by atomic mass is 16.6. The van der Waals surface area contributed by atoms with Crippen LogP contribution in [0.15, 0.2) is 42.5 Å². The number of carbonyl (C=O) groups excluding carboxylic acids is 1. The van der Waals surface area contributed by atoms with Crippen LogP contribution in [0.5, 0.6) is 0 Å². The summed E-state index contributed by atoms with van der Waals surface area (Å²) in [6, 6.07) is 8.99. The average Bonchev–Trinajstić information content (AvgIpc) is 2.50. The number of hydrogen-bond donors (Lipinski definition) is 1. The van der Waals surface area contributed by atoms with Gasteiger partial charge in [0, 0.05) is 0 Å². The number of esters is 1. The highest BCUT2D eigenvalue weighted by Crippen LogP contribution is 2.20. The molecule has 2 unspecified atom stereocenters. The summed E-state index contributed by atoms with van der Waals surface area (Å²) in [5.41, 5.74) is 0.630. The first kappa shape index (κ1) is 18.4. The molecular weight excluding hydrogens is 280 g/mol. The molecule has 0 saturated heterocycles. The highest BCUT2D eigenvalue weighted by molar-refractivity contribution is 5.76. The fourth-order valence-corrected chi connectivity index (χ4v) is 1.92. The fraction of sp³-hybridized carbons (Fsp3) is 0.500. The number of benzene rings is 1. The summed E-state index contributed by atoms with van der Waals surface area (Å²) in [5, 5.41) is 10.4. The number of aliphatic hydroxyl groups is 1. The van der Waals surface area contributed by atoms with Gasteiger partial charge in [-0.05, 0) is 25.8 Å². The summed E-state index contributed by atoms with van der Waals surface area (Å²) in [6.45, 7) is 5.89. The Hall–Kier alpha value is -1.65. The van der Waals surface area contributed by atoms with Gasteiger partial charge in [-0.15, -0.1) is 0 Å². The molecule has 122 valence electrons. The molecule has 0 fully saturated rings. The molecule has 0 spiro atoms. The van der Waals surface area contributed by atoms with Gasteiger partial charge in [0.15, 0.2) is 6.10 Å². The molecule has 1 aromatic carbocycles. The third kappa shape index (κ3) is 6.41. The zero-order valence-corrected chi connectivity index (χ0v) is 13.6. The van der Waals surface area contributed by atoms with Crippen molar-refractivity contribution < 1.29 is 19.4 Å². The van der Waals surface area contributed by atoms with E-state index in [9.17, 15) is 9.90 Å². The largest absolute Gasteiger partial charge is 0.461 e. The van der Waals surface area contributed by atoms with E-state index in [0.29, 0.717) is 5.56 Å². The maximum Gasteiger partial charge on any atom is 0.338 e. The van der Waals surface area contributed by atoms with E-state index >= 15 is 0 Å². The zero-order valence-electron chi connectivity index (χ0n) is 13.6. The number of ether oxygens (including phenoxy) is 2. The predicted octanol–water partition coefficient (Wildman–Crippen LogP) is 3.41. The van der Waals surface area contributed by atoms with E-state index in [2.05, 4.69) is 6.92 Å². The van der Waals surface area contributed by atoms with E-state index in [1.807, 2.05) is 30.4 Å². The Bertz CT molecular complexity index is 453. The van der Waals surface area contributed by atoms with E-state index in [0.717, 1.165) is 12.8 Å². The topological polar surface area (TPSA) is 55.8 Å². The van der Waals surface area contributed by atoms with E-state index in [-0.39, 0.29) is 12.7 Å². The van der Waals surface area contributed by atoms with Crippen LogP contribution < -0.4 is 0 Å². The minimum atomic E-state index is -1.05. The van der Waals surface area contributed by atoms with Gasteiger partial charge in [0.2, 0.25) is 0 Å². The smallest absolute Gasteiger partial charge is 0.338 e. The minimum absolute atomic E-state index is 0.253. The van der Waals surface area contributed by atoms with Gasteiger partial charge in [-0.1, -0.05) is 55.8 Å². The molecular formula is C18H26O4. The SMILES string of the molecule is CCC/C=C/COC(C(=O)OC(C)C)C(O)c1ccccc1. The maximum absolute atomic E-state index is 12.2. The van der Waals surface area contributed by atoms with Crippen molar-refractivity contribution in [3.63, 3.8) is 0 Å². The number of aliphatic hydroxyl groups excluding tert-OH is 1. The van der Waals surface area contributed by atoms with Crippen molar-refractivity contribution in [2.45, 2.75) is 51.9 Å². The average molecular weight is 306 g/mol. The van der Waals surface area contributed by atoms with Crippen LogP contribution in [0.1, 0.15) is 45.3 Å². The number of carbonyl (C=O) groups is 1. The number of rotatable bonds is 9. The normalized spacial score (nSPS) is 14.2. The fourth-order valence-electron chi connectivity index (χ4n) is 1.92. The molecule has 22 heavy (non-hydrogen) atoms. The van der Waals surface area contributed by atoms with Crippen molar-refractivity contribution in [1.29, 1.82) is 0 Å². The van der Waals surface area contributed by atoms with Crippen LogP contribution in [0.3, 0.4) is 0 Å². The molecule has 0 aromatic heterocycles. The van der Waals surface area contributed by atoms with Crippen molar-refractivity contribution in [2.75, 3.05) is 6.61 Å². The second kappa shape index (κ2) is 10.1. The molecule has 0 heterocycles. The molecule has 1 N–H and O–H groups in total. The Labute approximate surface area is 132 Å². The second-order valence-corrected chi connectivity index (χ2v) is 5.36. The quantitative estimate of drug-likeness (QED) is 0.561. The summed E-state index contributed by atoms with van der Waals surface area (Å²) in [5.74, 6) is -0.546. The van der Waals surface area contributed by atoms with Gasteiger partial charge in [-0.2, -0.15) is 0 Å². The van der Waals surface area contributed by atoms with Crippen LogP contribution in [-0.4, -0.2) is 29.9 Å². The van der Waals surface area contributed by atoms with Crippen molar-refractivity contribution in [2.24, 2.45) is 0 Å². The molecule has 0 aliphatic carbocycles. The summed E-state index contributed by atoms with van der Waals surface area (Å²) in [4.78, 5) is 12.2. The van der Waals surface area contributed by atoms with Gasteiger partial charge >= 0.3 is 5.97 Å². The molecule has 0 saturated carbocycles. The summed E-state index contributed by atoms with van der Waals surface area (Å²) < 4.78 is 10.7. The van der Waals surface area contributed by atoms with Crippen LogP contribution in [0, 0.1) is 0 Å². The van der Waals surface area contributed by atoms with Gasteiger partial charge in [0.1, 0.15) is 6.10 Å². The van der Waals surface area contributed by atoms with E-state index in [1.165, 1.54) is 0 Å². The van der Waals surface area contributed by atoms with Crippen LogP contribution in [0.2, 0.25) is 0 Å². The second-order valence-electron chi connectivity index (χ2n) is 5.36. The maximum atomic E-state index is 12.2. The highest BCUT2D eigenvalue weighted by Gasteiger charge is 2.30. The van der Waals surface area contributed by atoms with Crippen molar-refractivity contribution in [1.82, 2.24) is 0 Å². The molecule has 4 heteroatoms. The molecule has 0 amide bonds. The summed E-state index contributed by atoms with van der Waals surface area (Å²) in [7, 11) is 0. The lowest BCUT2D eigenvalue weighted by Crippen LogP contribution is -2.34. The van der Waals surface area contributed by atoms with E-state index in [4.69, 9.17) is 9.47 Å². The summed E-state index contributed by atoms with van der Waals surface area (Å²) >= 11 is 0. The van der Waals surface area contributed by atoms with Gasteiger partial charge in [0.05, 0.1) is 12.7 Å². The van der Waals surface area contributed by atoms with Crippen LogP contribution in [0.25, 0.3) is 0 Å². The molecule has 0 radical (unpaired) electrons. The first-order valence-electron chi connectivity index (χ1n) is 7.76. The monoisotopic (exact) mass is 306 g/mol. The van der Waals surface area contributed by atoms with Crippen molar-refractivity contribution in [3.8, 4) is 0 Å². The number of hydrogen-bond acceptors (Lipinski definition) is 4. The standard InChI is InChI=1S/C18H26O4/c1-4-5-6-10-13-21-17(18(20)22-14(2)3)16(19)15-11-8-7-9-12-15/h6-12,14,16-17,19H,4-5,13H2,1-3H3/b10-6+. The first-order chi connectivity index (χ1) is 10.6. The first-order valence-corrected chi connectivity index (χ1v) is 7.76. The molecule has 2 atom stereocenters. The summed E-state index contributed by atoms with van der Waals surface area (Å²) in [6.07, 6.45) is 3.55. The molecule has 1 aromatic rings. The van der Waals surface area contributed by atoms with Gasteiger partial charge < -0.3 is 14.6 Å². The van der Waals surface area contributed by atoms with Gasteiger partial charge in [0.25, 0.3) is 0 Å². The molecule has 0 bridgehead atoms. The van der Waals surface area contributed by atoms with Crippen LogP contribution in [0.4, 0.5) is 0 Å². The Balaban J connectivity index is 2.74. The predicted molar refractivity (Wildman–Crippen MR) is 86.4 cm³/mol. The Morgan fingerprint density at radius 3 is 2.50 bits per heavy atom. The zero-order chi connectivity index (χ0) is 16.4.